The van der Waals surface area contributed by atoms with Crippen LogP contribution in [0.25, 0.3) is 0 Å². The van der Waals surface area contributed by atoms with Crippen molar-refractivity contribution in [1.29, 1.82) is 0 Å². The van der Waals surface area contributed by atoms with Gasteiger partial charge in [0.2, 0.25) is 11.8 Å². The molecule has 0 aliphatic carbocycles. The largest absolute Gasteiger partial charge is 0.343 e. The number of amides is 2. The van der Waals surface area contributed by atoms with Gasteiger partial charge in [-0.3, -0.25) is 9.59 Å². The highest BCUT2D eigenvalue weighted by Crippen LogP contribution is 2.30. The number of carbonyl (C=O) groups excluding carboxylic acids is 2. The van der Waals surface area contributed by atoms with E-state index in [9.17, 15) is 9.59 Å². The Morgan fingerprint density at radius 1 is 1.37 bits per heavy atom. The average molecular weight is 301 g/mol. The maximum absolute atomic E-state index is 12.1. The highest BCUT2D eigenvalue weighted by atomic mass is 35.5. The van der Waals surface area contributed by atoms with Gasteiger partial charge >= 0.3 is 0 Å². The minimum absolute atomic E-state index is 0.0449. The standard InChI is InChI=1S/C13H14Cl2N2O2/c1-7-13(19)17(6-12(18)16-7)8(2)10-4-3-9(14)5-11(10)15/h3-5,7-8H,6H2,1-2H3,(H,16,18). The fraction of sp³-hybridized carbons (Fsp3) is 0.385. The van der Waals surface area contributed by atoms with Crippen LogP contribution in [0.4, 0.5) is 0 Å². The Balaban J connectivity index is 2.29. The number of benzene rings is 1. The lowest BCUT2D eigenvalue weighted by Gasteiger charge is -2.35. The van der Waals surface area contributed by atoms with Crippen LogP contribution in [-0.4, -0.2) is 29.3 Å². The van der Waals surface area contributed by atoms with E-state index in [0.29, 0.717) is 10.0 Å². The Labute approximate surface area is 121 Å². The van der Waals surface area contributed by atoms with Crippen molar-refractivity contribution in [3.05, 3.63) is 33.8 Å². The molecule has 2 amide bonds. The van der Waals surface area contributed by atoms with E-state index in [2.05, 4.69) is 5.32 Å². The van der Waals surface area contributed by atoms with Crippen LogP contribution in [0.5, 0.6) is 0 Å². The van der Waals surface area contributed by atoms with E-state index in [1.807, 2.05) is 6.92 Å². The molecule has 19 heavy (non-hydrogen) atoms. The van der Waals surface area contributed by atoms with E-state index in [-0.39, 0.29) is 24.4 Å². The molecule has 2 unspecified atom stereocenters. The smallest absolute Gasteiger partial charge is 0.245 e. The number of piperazine rings is 1. The van der Waals surface area contributed by atoms with Crippen molar-refractivity contribution in [1.82, 2.24) is 10.2 Å². The summed E-state index contributed by atoms with van der Waals surface area (Å²) in [6.07, 6.45) is 0. The molecular weight excluding hydrogens is 287 g/mol. The summed E-state index contributed by atoms with van der Waals surface area (Å²) in [6, 6.07) is 4.35. The molecule has 0 aromatic heterocycles. The number of hydrogen-bond acceptors (Lipinski definition) is 2. The van der Waals surface area contributed by atoms with Gasteiger partial charge in [0.15, 0.2) is 0 Å². The SMILES string of the molecule is CC1NC(=O)CN(C(C)c2ccc(Cl)cc2Cl)C1=O. The highest BCUT2D eigenvalue weighted by Gasteiger charge is 2.33. The van der Waals surface area contributed by atoms with E-state index < -0.39 is 6.04 Å². The molecule has 1 N–H and O–H groups in total. The number of nitrogens with zero attached hydrogens (tertiary/aromatic N) is 1. The second-order valence-corrected chi connectivity index (χ2v) is 5.44. The van der Waals surface area contributed by atoms with E-state index >= 15 is 0 Å². The summed E-state index contributed by atoms with van der Waals surface area (Å²) in [5, 5.41) is 3.64. The lowest BCUT2D eigenvalue weighted by molar-refractivity contribution is -0.145. The lowest BCUT2D eigenvalue weighted by atomic mass is 10.0. The van der Waals surface area contributed by atoms with Crippen molar-refractivity contribution in [3.63, 3.8) is 0 Å². The van der Waals surface area contributed by atoms with Gasteiger partial charge < -0.3 is 10.2 Å². The van der Waals surface area contributed by atoms with Crippen LogP contribution in [-0.2, 0) is 9.59 Å². The third kappa shape index (κ3) is 2.85. The Bertz CT molecular complexity index is 533. The number of carbonyl (C=O) groups is 2. The highest BCUT2D eigenvalue weighted by molar-refractivity contribution is 6.35. The summed E-state index contributed by atoms with van der Waals surface area (Å²) in [4.78, 5) is 25.2. The van der Waals surface area contributed by atoms with E-state index in [1.165, 1.54) is 4.90 Å². The summed E-state index contributed by atoms with van der Waals surface area (Å²) < 4.78 is 0. The molecule has 1 aromatic carbocycles. The third-order valence-electron chi connectivity index (χ3n) is 3.23. The van der Waals surface area contributed by atoms with Crippen molar-refractivity contribution >= 4 is 35.0 Å². The molecule has 1 aromatic rings. The molecule has 0 spiro atoms. The Kier molecular flexibility index (Phi) is 4.02. The van der Waals surface area contributed by atoms with Crippen LogP contribution in [0.1, 0.15) is 25.5 Å². The summed E-state index contributed by atoms with van der Waals surface area (Å²) >= 11 is 12.0. The second kappa shape index (κ2) is 5.39. The van der Waals surface area contributed by atoms with E-state index in [1.54, 1.807) is 25.1 Å². The minimum Gasteiger partial charge on any atom is -0.343 e. The molecule has 6 heteroatoms. The fourth-order valence-electron chi connectivity index (χ4n) is 2.17. The lowest BCUT2D eigenvalue weighted by Crippen LogP contribution is -2.57. The molecule has 2 rings (SSSR count). The fourth-order valence-corrected chi connectivity index (χ4v) is 2.73. The van der Waals surface area contributed by atoms with Gasteiger partial charge in [0.1, 0.15) is 12.6 Å². The monoisotopic (exact) mass is 300 g/mol. The minimum atomic E-state index is -0.505. The molecule has 1 saturated heterocycles. The van der Waals surface area contributed by atoms with Crippen LogP contribution in [0.3, 0.4) is 0 Å². The Hall–Kier alpha value is -1.26. The van der Waals surface area contributed by atoms with Crippen molar-refractivity contribution < 1.29 is 9.59 Å². The molecule has 1 aliphatic heterocycles. The van der Waals surface area contributed by atoms with Crippen molar-refractivity contribution in [2.45, 2.75) is 25.9 Å². The number of nitrogens with one attached hydrogen (secondary N) is 1. The summed E-state index contributed by atoms with van der Waals surface area (Å²) in [5.41, 5.74) is 0.779. The first-order valence-corrected chi connectivity index (χ1v) is 6.70. The van der Waals surface area contributed by atoms with Crippen LogP contribution < -0.4 is 5.32 Å². The Morgan fingerprint density at radius 3 is 2.68 bits per heavy atom. The van der Waals surface area contributed by atoms with Gasteiger partial charge in [-0.05, 0) is 31.5 Å². The van der Waals surface area contributed by atoms with Crippen LogP contribution in [0.15, 0.2) is 18.2 Å². The maximum atomic E-state index is 12.1. The molecule has 0 saturated carbocycles. The third-order valence-corrected chi connectivity index (χ3v) is 3.79. The number of hydrogen-bond donors (Lipinski definition) is 1. The summed E-state index contributed by atoms with van der Waals surface area (Å²) in [6.45, 7) is 3.56. The van der Waals surface area contributed by atoms with Crippen molar-refractivity contribution in [2.24, 2.45) is 0 Å². The number of rotatable bonds is 2. The van der Waals surface area contributed by atoms with E-state index in [4.69, 9.17) is 23.2 Å². The van der Waals surface area contributed by atoms with Gasteiger partial charge in [-0.15, -0.1) is 0 Å². The van der Waals surface area contributed by atoms with Crippen molar-refractivity contribution in [3.8, 4) is 0 Å². The van der Waals surface area contributed by atoms with E-state index in [0.717, 1.165) is 5.56 Å². The summed E-state index contributed by atoms with van der Waals surface area (Å²) in [7, 11) is 0. The molecule has 4 nitrogen and oxygen atoms in total. The van der Waals surface area contributed by atoms with Gasteiger partial charge in [0.05, 0.1) is 6.04 Å². The quantitative estimate of drug-likeness (QED) is 0.912. The van der Waals surface area contributed by atoms with Gasteiger partial charge in [-0.25, -0.2) is 0 Å². The zero-order valence-corrected chi connectivity index (χ0v) is 12.1. The van der Waals surface area contributed by atoms with Gasteiger partial charge in [-0.2, -0.15) is 0 Å². The molecular formula is C13H14Cl2N2O2. The molecule has 0 bridgehead atoms. The zero-order chi connectivity index (χ0) is 14.2. The van der Waals surface area contributed by atoms with Gasteiger partial charge in [-0.1, -0.05) is 29.3 Å². The first kappa shape index (κ1) is 14.2. The molecule has 102 valence electrons. The van der Waals surface area contributed by atoms with Crippen LogP contribution in [0.2, 0.25) is 10.0 Å². The normalized spacial score (nSPS) is 21.3. The molecule has 1 aliphatic rings. The zero-order valence-electron chi connectivity index (χ0n) is 10.6. The van der Waals surface area contributed by atoms with Crippen LogP contribution >= 0.6 is 23.2 Å². The van der Waals surface area contributed by atoms with Gasteiger partial charge in [0.25, 0.3) is 0 Å². The predicted octanol–water partition coefficient (Wildman–Crippen LogP) is 2.40. The Morgan fingerprint density at radius 2 is 2.05 bits per heavy atom. The number of halogens is 2. The average Bonchev–Trinajstić information content (AvgIpc) is 2.33. The summed E-state index contributed by atoms with van der Waals surface area (Å²) in [5.74, 6) is -0.276. The van der Waals surface area contributed by atoms with Crippen molar-refractivity contribution in [2.75, 3.05) is 6.54 Å². The first-order valence-electron chi connectivity index (χ1n) is 5.95. The predicted molar refractivity (Wildman–Crippen MR) is 74.2 cm³/mol. The topological polar surface area (TPSA) is 49.4 Å². The molecule has 2 atom stereocenters. The second-order valence-electron chi connectivity index (χ2n) is 4.60. The van der Waals surface area contributed by atoms with Gasteiger partial charge in [0, 0.05) is 10.0 Å². The molecule has 0 radical (unpaired) electrons. The van der Waals surface area contributed by atoms with Crippen LogP contribution in [0, 0.1) is 0 Å². The maximum Gasteiger partial charge on any atom is 0.245 e. The molecule has 1 heterocycles. The molecule has 1 fully saturated rings. The first-order chi connectivity index (χ1) is 8.90.